The van der Waals surface area contributed by atoms with Crippen molar-refractivity contribution in [1.82, 2.24) is 0 Å². The zero-order valence-electron chi connectivity index (χ0n) is 7.29. The Balaban J connectivity index is 1.93. The number of rotatable bonds is 2. The standard InChI is InChI=1S/C9H14O3/c1-2-11-9(10)7-5-6-3-4-8(7)12-6/h6-8H,2-5H2,1H3. The van der Waals surface area contributed by atoms with Gasteiger partial charge in [0.15, 0.2) is 0 Å². The van der Waals surface area contributed by atoms with Crippen LogP contribution in [-0.2, 0) is 14.3 Å². The van der Waals surface area contributed by atoms with E-state index in [1.54, 1.807) is 0 Å². The Bertz CT molecular complexity index is 190. The highest BCUT2D eigenvalue weighted by Gasteiger charge is 2.45. The summed E-state index contributed by atoms with van der Waals surface area (Å²) < 4.78 is 10.5. The third-order valence-corrected chi connectivity index (χ3v) is 2.70. The average molecular weight is 170 g/mol. The second kappa shape index (κ2) is 3.05. The number of carbonyl (C=O) groups excluding carboxylic acids is 1. The van der Waals surface area contributed by atoms with Crippen LogP contribution in [0, 0.1) is 5.92 Å². The SMILES string of the molecule is CCOC(=O)C1CC2CCC1O2. The van der Waals surface area contributed by atoms with Gasteiger partial charge in [0, 0.05) is 0 Å². The minimum atomic E-state index is -0.0651. The van der Waals surface area contributed by atoms with Crippen LogP contribution in [0.4, 0.5) is 0 Å². The third kappa shape index (κ3) is 1.22. The lowest BCUT2D eigenvalue weighted by atomic mass is 9.89. The van der Waals surface area contributed by atoms with Crippen molar-refractivity contribution in [2.45, 2.75) is 38.4 Å². The van der Waals surface area contributed by atoms with Gasteiger partial charge in [-0.3, -0.25) is 4.79 Å². The molecule has 68 valence electrons. The molecule has 2 bridgehead atoms. The van der Waals surface area contributed by atoms with Crippen molar-refractivity contribution < 1.29 is 14.3 Å². The molecular weight excluding hydrogens is 156 g/mol. The summed E-state index contributed by atoms with van der Waals surface area (Å²) in [5.74, 6) is -0.0339. The van der Waals surface area contributed by atoms with Crippen molar-refractivity contribution >= 4 is 5.97 Å². The molecule has 2 fully saturated rings. The van der Waals surface area contributed by atoms with E-state index in [9.17, 15) is 4.79 Å². The van der Waals surface area contributed by atoms with E-state index in [2.05, 4.69) is 0 Å². The molecule has 0 aliphatic carbocycles. The number of fused-ring (bicyclic) bond motifs is 2. The highest BCUT2D eigenvalue weighted by Crippen LogP contribution is 2.39. The molecule has 3 atom stereocenters. The Kier molecular flexibility index (Phi) is 2.05. The van der Waals surface area contributed by atoms with Gasteiger partial charge in [0.2, 0.25) is 0 Å². The predicted molar refractivity (Wildman–Crippen MR) is 42.6 cm³/mol. The molecule has 2 aliphatic rings. The van der Waals surface area contributed by atoms with E-state index < -0.39 is 0 Å². The zero-order chi connectivity index (χ0) is 8.55. The summed E-state index contributed by atoms with van der Waals surface area (Å²) in [4.78, 5) is 11.3. The highest BCUT2D eigenvalue weighted by molar-refractivity contribution is 5.73. The topological polar surface area (TPSA) is 35.5 Å². The van der Waals surface area contributed by atoms with Crippen molar-refractivity contribution in [2.75, 3.05) is 6.61 Å². The molecular formula is C9H14O3. The summed E-state index contributed by atoms with van der Waals surface area (Å²) >= 11 is 0. The maximum Gasteiger partial charge on any atom is 0.311 e. The fourth-order valence-corrected chi connectivity index (χ4v) is 2.14. The molecule has 12 heavy (non-hydrogen) atoms. The van der Waals surface area contributed by atoms with E-state index in [0.29, 0.717) is 12.7 Å². The summed E-state index contributed by atoms with van der Waals surface area (Å²) in [6.07, 6.45) is 3.54. The molecule has 0 aromatic heterocycles. The number of carbonyl (C=O) groups is 1. The van der Waals surface area contributed by atoms with Gasteiger partial charge >= 0.3 is 5.97 Å². The summed E-state index contributed by atoms with van der Waals surface area (Å²) in [5.41, 5.74) is 0. The van der Waals surface area contributed by atoms with Crippen LogP contribution >= 0.6 is 0 Å². The third-order valence-electron chi connectivity index (χ3n) is 2.70. The number of esters is 1. The van der Waals surface area contributed by atoms with Crippen molar-refractivity contribution in [3.63, 3.8) is 0 Å². The number of hydrogen-bond donors (Lipinski definition) is 0. The molecule has 0 radical (unpaired) electrons. The van der Waals surface area contributed by atoms with Crippen LogP contribution in [0.25, 0.3) is 0 Å². The lowest BCUT2D eigenvalue weighted by Crippen LogP contribution is -2.27. The van der Waals surface area contributed by atoms with Gasteiger partial charge in [0.1, 0.15) is 0 Å². The first-order valence-electron chi connectivity index (χ1n) is 4.63. The van der Waals surface area contributed by atoms with Crippen LogP contribution in [0.5, 0.6) is 0 Å². The van der Waals surface area contributed by atoms with Gasteiger partial charge in [-0.2, -0.15) is 0 Å². The average Bonchev–Trinajstić information content (AvgIpc) is 2.64. The maximum absolute atomic E-state index is 11.3. The molecule has 3 heteroatoms. The molecule has 0 amide bonds. The van der Waals surface area contributed by atoms with Crippen molar-refractivity contribution in [1.29, 1.82) is 0 Å². The molecule has 0 N–H and O–H groups in total. The maximum atomic E-state index is 11.3. The molecule has 2 heterocycles. The second-order valence-corrected chi connectivity index (χ2v) is 3.47. The number of hydrogen-bond acceptors (Lipinski definition) is 3. The Morgan fingerprint density at radius 2 is 2.42 bits per heavy atom. The fourth-order valence-electron chi connectivity index (χ4n) is 2.14. The van der Waals surface area contributed by atoms with Crippen molar-refractivity contribution in [2.24, 2.45) is 5.92 Å². The van der Waals surface area contributed by atoms with E-state index >= 15 is 0 Å². The van der Waals surface area contributed by atoms with Gasteiger partial charge in [-0.1, -0.05) is 0 Å². The van der Waals surface area contributed by atoms with Gasteiger partial charge in [-0.25, -0.2) is 0 Å². The monoisotopic (exact) mass is 170 g/mol. The normalized spacial score (nSPS) is 38.6. The van der Waals surface area contributed by atoms with Crippen LogP contribution in [-0.4, -0.2) is 24.8 Å². The van der Waals surface area contributed by atoms with Crippen molar-refractivity contribution in [3.8, 4) is 0 Å². The van der Waals surface area contributed by atoms with Crippen LogP contribution in [0.15, 0.2) is 0 Å². The van der Waals surface area contributed by atoms with Gasteiger partial charge in [0.25, 0.3) is 0 Å². The van der Waals surface area contributed by atoms with Gasteiger partial charge in [-0.05, 0) is 26.2 Å². The number of ether oxygens (including phenoxy) is 2. The molecule has 3 unspecified atom stereocenters. The molecule has 0 saturated carbocycles. The van der Waals surface area contributed by atoms with Crippen LogP contribution in [0.2, 0.25) is 0 Å². The first-order valence-corrected chi connectivity index (χ1v) is 4.63. The van der Waals surface area contributed by atoms with E-state index in [4.69, 9.17) is 9.47 Å². The summed E-state index contributed by atoms with van der Waals surface area (Å²) in [6, 6.07) is 0. The second-order valence-electron chi connectivity index (χ2n) is 3.47. The van der Waals surface area contributed by atoms with E-state index in [1.807, 2.05) is 6.92 Å². The Morgan fingerprint density at radius 1 is 1.58 bits per heavy atom. The van der Waals surface area contributed by atoms with Crippen LogP contribution in [0.1, 0.15) is 26.2 Å². The highest BCUT2D eigenvalue weighted by atomic mass is 16.5. The van der Waals surface area contributed by atoms with E-state index in [0.717, 1.165) is 19.3 Å². The van der Waals surface area contributed by atoms with Gasteiger partial charge < -0.3 is 9.47 Å². The summed E-state index contributed by atoms with van der Waals surface area (Å²) in [7, 11) is 0. The molecule has 2 saturated heterocycles. The quantitative estimate of drug-likeness (QED) is 0.582. The molecule has 2 rings (SSSR count). The summed E-state index contributed by atoms with van der Waals surface area (Å²) in [6.45, 7) is 2.32. The zero-order valence-corrected chi connectivity index (χ0v) is 7.29. The molecule has 0 spiro atoms. The Hall–Kier alpha value is -0.570. The first kappa shape index (κ1) is 8.05. The molecule has 0 aromatic rings. The van der Waals surface area contributed by atoms with E-state index in [1.165, 1.54) is 0 Å². The minimum Gasteiger partial charge on any atom is -0.466 e. The lowest BCUT2D eigenvalue weighted by molar-refractivity contribution is -0.149. The minimum absolute atomic E-state index is 0.0312. The van der Waals surface area contributed by atoms with Crippen LogP contribution in [0.3, 0.4) is 0 Å². The Morgan fingerprint density at radius 3 is 2.92 bits per heavy atom. The fraction of sp³-hybridized carbons (Fsp3) is 0.889. The Labute approximate surface area is 72.0 Å². The predicted octanol–water partition coefficient (Wildman–Crippen LogP) is 1.12. The molecule has 0 aromatic carbocycles. The molecule has 2 aliphatic heterocycles. The molecule has 3 nitrogen and oxygen atoms in total. The van der Waals surface area contributed by atoms with E-state index in [-0.39, 0.29) is 18.0 Å². The summed E-state index contributed by atoms with van der Waals surface area (Å²) in [5, 5.41) is 0. The van der Waals surface area contributed by atoms with Gasteiger partial charge in [0.05, 0.1) is 24.7 Å². The smallest absolute Gasteiger partial charge is 0.311 e. The first-order chi connectivity index (χ1) is 5.81. The lowest BCUT2D eigenvalue weighted by Gasteiger charge is -2.16. The van der Waals surface area contributed by atoms with Crippen LogP contribution < -0.4 is 0 Å². The van der Waals surface area contributed by atoms with Crippen molar-refractivity contribution in [3.05, 3.63) is 0 Å². The van der Waals surface area contributed by atoms with Gasteiger partial charge in [-0.15, -0.1) is 0 Å². The largest absolute Gasteiger partial charge is 0.466 e.